The van der Waals surface area contributed by atoms with Crippen LogP contribution in [0.3, 0.4) is 0 Å². The highest BCUT2D eigenvalue weighted by molar-refractivity contribution is 6.64. The van der Waals surface area contributed by atoms with E-state index < -0.39 is 17.5 Å². The molecule has 72 valence electrons. The molecule has 13 heavy (non-hydrogen) atoms. The molecule has 4 amide bonds. The minimum absolute atomic E-state index is 0.107. The molecule has 7 heteroatoms. The Morgan fingerprint density at radius 2 is 1.92 bits per heavy atom. The Morgan fingerprint density at radius 3 is 2.31 bits per heavy atom. The molecule has 0 aromatic carbocycles. The summed E-state index contributed by atoms with van der Waals surface area (Å²) < 4.78 is 4.32. The van der Waals surface area contributed by atoms with Crippen molar-refractivity contribution < 1.29 is 19.1 Å². The molecule has 1 fully saturated rings. The van der Waals surface area contributed by atoms with Crippen molar-refractivity contribution in [2.75, 3.05) is 20.2 Å². The Bertz CT molecular complexity index is 267. The van der Waals surface area contributed by atoms with Crippen LogP contribution in [0.2, 0.25) is 0 Å². The summed E-state index contributed by atoms with van der Waals surface area (Å²) in [7, 11) is 1.15. The number of imide groups is 2. The average Bonchev–Trinajstić information content (AvgIpc) is 2.46. The number of urea groups is 1. The lowest BCUT2D eigenvalue weighted by Crippen LogP contribution is -2.37. The van der Waals surface area contributed by atoms with Gasteiger partial charge in [0.05, 0.1) is 20.2 Å². The molecule has 0 N–H and O–H groups in total. The molecule has 0 aliphatic carbocycles. The van der Waals surface area contributed by atoms with E-state index in [1.807, 2.05) is 0 Å². The SMILES string of the molecule is COC(=O)N1CCN(C(=O)Cl)C1=O. The molecule has 1 saturated heterocycles. The van der Waals surface area contributed by atoms with Gasteiger partial charge in [-0.25, -0.2) is 19.4 Å². The molecule has 0 unspecified atom stereocenters. The van der Waals surface area contributed by atoms with Gasteiger partial charge in [0.25, 0.3) is 0 Å². The largest absolute Gasteiger partial charge is 0.452 e. The minimum atomic E-state index is -0.892. The Morgan fingerprint density at radius 1 is 1.38 bits per heavy atom. The molecular weight excluding hydrogens is 200 g/mol. The maximum Gasteiger partial charge on any atom is 0.417 e. The third-order valence-corrected chi connectivity index (χ3v) is 1.82. The van der Waals surface area contributed by atoms with Gasteiger partial charge in [0, 0.05) is 0 Å². The number of carbonyl (C=O) groups is 3. The zero-order valence-electron chi connectivity index (χ0n) is 6.82. The van der Waals surface area contributed by atoms with Gasteiger partial charge in [-0.2, -0.15) is 0 Å². The monoisotopic (exact) mass is 206 g/mol. The molecule has 6 nitrogen and oxygen atoms in total. The summed E-state index contributed by atoms with van der Waals surface area (Å²) in [5.41, 5.74) is 0. The van der Waals surface area contributed by atoms with Crippen LogP contribution in [0.1, 0.15) is 0 Å². The van der Waals surface area contributed by atoms with Gasteiger partial charge in [0.2, 0.25) is 0 Å². The number of nitrogens with zero attached hydrogens (tertiary/aromatic N) is 2. The maximum atomic E-state index is 11.2. The molecule has 0 aromatic rings. The lowest BCUT2D eigenvalue weighted by molar-refractivity contribution is 0.135. The van der Waals surface area contributed by atoms with Gasteiger partial charge in [-0.3, -0.25) is 4.79 Å². The van der Waals surface area contributed by atoms with E-state index in [2.05, 4.69) is 4.74 Å². The lowest BCUT2D eigenvalue weighted by atomic mass is 10.6. The van der Waals surface area contributed by atoms with Crippen LogP contribution < -0.4 is 0 Å². The molecule has 0 spiro atoms. The molecule has 1 rings (SSSR count). The van der Waals surface area contributed by atoms with Crippen molar-refractivity contribution in [2.45, 2.75) is 0 Å². The highest BCUT2D eigenvalue weighted by atomic mass is 35.5. The van der Waals surface area contributed by atoms with E-state index in [4.69, 9.17) is 11.6 Å². The van der Waals surface area contributed by atoms with Gasteiger partial charge in [-0.1, -0.05) is 0 Å². The normalized spacial score (nSPS) is 16.3. The van der Waals surface area contributed by atoms with Crippen LogP contribution in [0.25, 0.3) is 0 Å². The fourth-order valence-electron chi connectivity index (χ4n) is 0.980. The Kier molecular flexibility index (Phi) is 2.72. The van der Waals surface area contributed by atoms with Crippen molar-refractivity contribution in [3.63, 3.8) is 0 Å². The molecular formula is C6H7ClN2O4. The van der Waals surface area contributed by atoms with Crippen molar-refractivity contribution in [1.82, 2.24) is 9.80 Å². The highest BCUT2D eigenvalue weighted by Gasteiger charge is 2.36. The van der Waals surface area contributed by atoms with Crippen LogP contribution in [0.4, 0.5) is 14.4 Å². The second kappa shape index (κ2) is 3.61. The molecule has 1 aliphatic rings. The smallest absolute Gasteiger partial charge is 0.417 e. The van der Waals surface area contributed by atoms with E-state index in [0.29, 0.717) is 0 Å². The first kappa shape index (κ1) is 9.79. The molecule has 0 radical (unpaired) electrons. The van der Waals surface area contributed by atoms with Crippen molar-refractivity contribution in [1.29, 1.82) is 0 Å². The van der Waals surface area contributed by atoms with Crippen molar-refractivity contribution in [3.05, 3.63) is 0 Å². The standard InChI is InChI=1S/C6H7ClN2O4/c1-13-6(12)9-3-2-8(4(7)10)5(9)11/h2-3H2,1H3. The Balaban J connectivity index is 2.71. The van der Waals surface area contributed by atoms with Crippen molar-refractivity contribution in [3.8, 4) is 0 Å². The van der Waals surface area contributed by atoms with Crippen LogP contribution in [0, 0.1) is 0 Å². The van der Waals surface area contributed by atoms with Crippen molar-refractivity contribution in [2.24, 2.45) is 0 Å². The summed E-state index contributed by atoms with van der Waals surface area (Å²) >= 11 is 5.08. The number of hydrogen-bond acceptors (Lipinski definition) is 4. The Labute approximate surface area is 79.0 Å². The van der Waals surface area contributed by atoms with Crippen LogP contribution in [0.5, 0.6) is 0 Å². The van der Waals surface area contributed by atoms with E-state index >= 15 is 0 Å². The van der Waals surface area contributed by atoms with Gasteiger partial charge >= 0.3 is 17.5 Å². The van der Waals surface area contributed by atoms with Crippen LogP contribution >= 0.6 is 11.6 Å². The topological polar surface area (TPSA) is 66.9 Å². The zero-order chi connectivity index (χ0) is 10.0. The second-order valence-corrected chi connectivity index (χ2v) is 2.63. The molecule has 0 saturated carbocycles. The fraction of sp³-hybridized carbons (Fsp3) is 0.500. The first-order valence-corrected chi connectivity index (χ1v) is 3.82. The Hall–Kier alpha value is -1.30. The number of ether oxygens (including phenoxy) is 1. The van der Waals surface area contributed by atoms with Gasteiger partial charge in [-0.05, 0) is 11.6 Å². The lowest BCUT2D eigenvalue weighted by Gasteiger charge is -2.11. The summed E-state index contributed by atoms with van der Waals surface area (Å²) in [6.07, 6.45) is -0.787. The van der Waals surface area contributed by atoms with Gasteiger partial charge in [0.1, 0.15) is 0 Å². The number of rotatable bonds is 0. The number of carbonyl (C=O) groups excluding carboxylic acids is 3. The first-order chi connectivity index (χ1) is 6.07. The summed E-state index contributed by atoms with van der Waals surface area (Å²) in [6.45, 7) is 0.222. The zero-order valence-corrected chi connectivity index (χ0v) is 7.58. The van der Waals surface area contributed by atoms with Crippen LogP contribution in [-0.4, -0.2) is 47.5 Å². The van der Waals surface area contributed by atoms with Gasteiger partial charge in [-0.15, -0.1) is 0 Å². The minimum Gasteiger partial charge on any atom is -0.452 e. The average molecular weight is 207 g/mol. The summed E-state index contributed by atoms with van der Waals surface area (Å²) in [5.74, 6) is 0. The number of halogens is 1. The number of hydrogen-bond donors (Lipinski definition) is 0. The van der Waals surface area contributed by atoms with E-state index in [0.717, 1.165) is 16.9 Å². The highest BCUT2D eigenvalue weighted by Crippen LogP contribution is 2.11. The third-order valence-electron chi connectivity index (χ3n) is 1.62. The predicted octanol–water partition coefficient (Wildman–Crippen LogP) is 0.849. The number of amides is 4. The van der Waals surface area contributed by atoms with E-state index in [1.54, 1.807) is 0 Å². The van der Waals surface area contributed by atoms with Crippen LogP contribution in [0.15, 0.2) is 0 Å². The van der Waals surface area contributed by atoms with E-state index in [-0.39, 0.29) is 13.1 Å². The van der Waals surface area contributed by atoms with Crippen molar-refractivity contribution >= 4 is 29.1 Å². The summed E-state index contributed by atoms with van der Waals surface area (Å²) in [4.78, 5) is 34.3. The van der Waals surface area contributed by atoms with Gasteiger partial charge in [0.15, 0.2) is 0 Å². The molecule has 0 bridgehead atoms. The molecule has 0 aromatic heterocycles. The van der Waals surface area contributed by atoms with E-state index in [9.17, 15) is 14.4 Å². The summed E-state index contributed by atoms with van der Waals surface area (Å²) in [6, 6.07) is -0.744. The molecule has 1 heterocycles. The quantitative estimate of drug-likeness (QED) is 0.435. The fourth-order valence-corrected chi connectivity index (χ4v) is 1.14. The molecule has 0 atom stereocenters. The van der Waals surface area contributed by atoms with E-state index in [1.165, 1.54) is 0 Å². The van der Waals surface area contributed by atoms with Crippen LogP contribution in [-0.2, 0) is 4.74 Å². The predicted molar refractivity (Wildman–Crippen MR) is 42.5 cm³/mol. The maximum absolute atomic E-state index is 11.2. The molecule has 1 aliphatic heterocycles. The van der Waals surface area contributed by atoms with Gasteiger partial charge < -0.3 is 4.74 Å². The summed E-state index contributed by atoms with van der Waals surface area (Å²) in [5, 5.41) is -0.892. The number of methoxy groups -OCH3 is 1. The second-order valence-electron chi connectivity index (χ2n) is 2.31. The first-order valence-electron chi connectivity index (χ1n) is 3.44. The third kappa shape index (κ3) is 1.72.